The Hall–Kier alpha value is -2.02. The van der Waals surface area contributed by atoms with Crippen LogP contribution < -0.4 is 5.73 Å². The second kappa shape index (κ2) is 5.54. The molecule has 0 amide bonds. The van der Waals surface area contributed by atoms with Gasteiger partial charge in [-0.25, -0.2) is 0 Å². The van der Waals surface area contributed by atoms with E-state index >= 15 is 0 Å². The van der Waals surface area contributed by atoms with Gasteiger partial charge >= 0.3 is 0 Å². The quantitative estimate of drug-likeness (QED) is 0.755. The summed E-state index contributed by atoms with van der Waals surface area (Å²) in [6.45, 7) is 8.77. The topological polar surface area (TPSA) is 26.0 Å². The summed E-state index contributed by atoms with van der Waals surface area (Å²) in [5, 5.41) is 0. The number of benzene rings is 2. The van der Waals surface area contributed by atoms with E-state index in [9.17, 15) is 0 Å². The first kappa shape index (κ1) is 14.4. The number of nitrogens with two attached hydrogens (primary N) is 1. The summed E-state index contributed by atoms with van der Waals surface area (Å²) in [5.74, 6) is 0. The lowest BCUT2D eigenvalue weighted by atomic mass is 9.87. The van der Waals surface area contributed by atoms with Crippen molar-refractivity contribution < 1.29 is 0 Å². The molecule has 0 aliphatic rings. The maximum atomic E-state index is 5.79. The minimum absolute atomic E-state index is 0.127. The summed E-state index contributed by atoms with van der Waals surface area (Å²) in [6.07, 6.45) is 2.32. The monoisotopic (exact) mass is 265 g/mol. The molecule has 0 aromatic heterocycles. The average Bonchev–Trinajstić information content (AvgIpc) is 2.37. The van der Waals surface area contributed by atoms with Crippen molar-refractivity contribution in [2.24, 2.45) is 5.41 Å². The van der Waals surface area contributed by atoms with Crippen molar-refractivity contribution in [3.63, 3.8) is 0 Å². The Morgan fingerprint density at radius 1 is 0.850 bits per heavy atom. The van der Waals surface area contributed by atoms with Gasteiger partial charge in [-0.1, -0.05) is 68.8 Å². The zero-order valence-electron chi connectivity index (χ0n) is 12.8. The molecule has 2 rings (SSSR count). The molecule has 104 valence electrons. The number of hydrogen-bond donors (Lipinski definition) is 1. The molecule has 0 heterocycles. The van der Waals surface area contributed by atoms with Gasteiger partial charge in [0.05, 0.1) is 0 Å². The Morgan fingerprint density at radius 3 is 1.75 bits per heavy atom. The lowest BCUT2D eigenvalue weighted by molar-refractivity contribution is 0.546. The van der Waals surface area contributed by atoms with Gasteiger partial charge in [0.1, 0.15) is 0 Å². The van der Waals surface area contributed by atoms with Crippen LogP contribution in [0.15, 0.2) is 54.6 Å². The smallest absolute Gasteiger partial charge is 0.0314 e. The highest BCUT2D eigenvalue weighted by atomic mass is 14.5. The molecule has 0 spiro atoms. The lowest BCUT2D eigenvalue weighted by Crippen LogP contribution is -2.02. The van der Waals surface area contributed by atoms with Crippen LogP contribution in [0, 0.1) is 12.3 Å². The van der Waals surface area contributed by atoms with Crippen LogP contribution in [-0.4, -0.2) is 0 Å². The van der Waals surface area contributed by atoms with Crippen molar-refractivity contribution in [3.05, 3.63) is 71.3 Å². The fourth-order valence-corrected chi connectivity index (χ4v) is 2.16. The van der Waals surface area contributed by atoms with Crippen LogP contribution in [0.1, 0.15) is 37.5 Å². The van der Waals surface area contributed by atoms with Gasteiger partial charge in [-0.15, -0.1) is 0 Å². The predicted molar refractivity (Wildman–Crippen MR) is 88.6 cm³/mol. The van der Waals surface area contributed by atoms with E-state index in [1.807, 2.05) is 12.1 Å². The van der Waals surface area contributed by atoms with E-state index in [0.717, 1.165) is 5.69 Å². The van der Waals surface area contributed by atoms with Gasteiger partial charge in [0, 0.05) is 5.69 Å². The van der Waals surface area contributed by atoms with Crippen LogP contribution in [-0.2, 0) is 0 Å². The van der Waals surface area contributed by atoms with Crippen molar-refractivity contribution >= 4 is 11.3 Å². The molecule has 2 aromatic rings. The van der Waals surface area contributed by atoms with Gasteiger partial charge in [-0.2, -0.15) is 0 Å². The van der Waals surface area contributed by atoms with E-state index in [2.05, 4.69) is 70.2 Å². The van der Waals surface area contributed by atoms with Crippen LogP contribution in [0.25, 0.3) is 5.57 Å². The fraction of sp³-hybridized carbons (Fsp3) is 0.263. The molecule has 0 aliphatic carbocycles. The third-order valence-electron chi connectivity index (χ3n) is 3.16. The first-order chi connectivity index (χ1) is 9.35. The first-order valence-electron chi connectivity index (χ1n) is 7.01. The number of anilines is 1. The number of rotatable bonds is 2. The molecule has 20 heavy (non-hydrogen) atoms. The van der Waals surface area contributed by atoms with E-state index in [4.69, 9.17) is 5.73 Å². The maximum absolute atomic E-state index is 5.79. The molecule has 0 fully saturated rings. The van der Waals surface area contributed by atoms with Crippen molar-refractivity contribution in [3.8, 4) is 0 Å². The van der Waals surface area contributed by atoms with Crippen molar-refractivity contribution in [2.75, 3.05) is 5.73 Å². The number of allylic oxidation sites excluding steroid dienone is 1. The van der Waals surface area contributed by atoms with Crippen LogP contribution in [0.3, 0.4) is 0 Å². The van der Waals surface area contributed by atoms with E-state index in [0.29, 0.717) is 0 Å². The molecule has 0 atom stereocenters. The van der Waals surface area contributed by atoms with E-state index in [1.54, 1.807) is 0 Å². The second-order valence-electron chi connectivity index (χ2n) is 6.41. The molecular weight excluding hydrogens is 242 g/mol. The number of nitrogen functional groups attached to an aromatic ring is 1. The fourth-order valence-electron chi connectivity index (χ4n) is 2.16. The van der Waals surface area contributed by atoms with Crippen molar-refractivity contribution in [1.82, 2.24) is 0 Å². The van der Waals surface area contributed by atoms with Crippen molar-refractivity contribution in [1.29, 1.82) is 0 Å². The van der Waals surface area contributed by atoms with E-state index in [1.165, 1.54) is 22.3 Å². The molecule has 1 nitrogen and oxygen atoms in total. The second-order valence-corrected chi connectivity index (χ2v) is 6.41. The molecule has 0 saturated heterocycles. The minimum atomic E-state index is 0.127. The van der Waals surface area contributed by atoms with Crippen LogP contribution in [0.2, 0.25) is 0 Å². The summed E-state index contributed by atoms with van der Waals surface area (Å²) in [5.41, 5.74) is 11.7. The Bertz CT molecular complexity index is 548. The Morgan fingerprint density at radius 2 is 1.30 bits per heavy atom. The average molecular weight is 265 g/mol. The minimum Gasteiger partial charge on any atom is -0.399 e. The standard InChI is InChI=1S/C19H23N/c1-14-5-7-15(8-6-14)18(13-19(2,3)4)16-9-11-17(20)12-10-16/h5-13H,20H2,1-4H3. The summed E-state index contributed by atoms with van der Waals surface area (Å²) < 4.78 is 0. The van der Waals surface area contributed by atoms with Gasteiger partial charge in [0.15, 0.2) is 0 Å². The molecule has 2 N–H and O–H groups in total. The summed E-state index contributed by atoms with van der Waals surface area (Å²) in [7, 11) is 0. The van der Waals surface area contributed by atoms with Gasteiger partial charge in [0.2, 0.25) is 0 Å². The lowest BCUT2D eigenvalue weighted by Gasteiger charge is -2.17. The highest BCUT2D eigenvalue weighted by Gasteiger charge is 2.12. The molecule has 0 bridgehead atoms. The maximum Gasteiger partial charge on any atom is 0.0314 e. The normalized spacial score (nSPS) is 12.5. The first-order valence-corrected chi connectivity index (χ1v) is 7.01. The Balaban J connectivity index is 2.53. The molecule has 0 aliphatic heterocycles. The molecule has 1 heteroatoms. The van der Waals surface area contributed by atoms with Gasteiger partial charge in [0.25, 0.3) is 0 Å². The summed E-state index contributed by atoms with van der Waals surface area (Å²) in [6, 6.07) is 16.8. The van der Waals surface area contributed by atoms with Crippen molar-refractivity contribution in [2.45, 2.75) is 27.7 Å². The number of hydrogen-bond acceptors (Lipinski definition) is 1. The van der Waals surface area contributed by atoms with E-state index < -0.39 is 0 Å². The number of aryl methyl sites for hydroxylation is 1. The Labute approximate surface area is 122 Å². The van der Waals surface area contributed by atoms with Gasteiger partial charge < -0.3 is 5.73 Å². The zero-order chi connectivity index (χ0) is 14.8. The van der Waals surface area contributed by atoms with Crippen LogP contribution in [0.4, 0.5) is 5.69 Å². The van der Waals surface area contributed by atoms with Gasteiger partial charge in [-0.3, -0.25) is 0 Å². The zero-order valence-corrected chi connectivity index (χ0v) is 12.8. The molecular formula is C19H23N. The SMILES string of the molecule is Cc1ccc(C(=CC(C)(C)C)c2ccc(N)cc2)cc1. The third kappa shape index (κ3) is 3.74. The molecule has 2 aromatic carbocycles. The largest absolute Gasteiger partial charge is 0.399 e. The summed E-state index contributed by atoms with van der Waals surface area (Å²) in [4.78, 5) is 0. The molecule has 0 unspecified atom stereocenters. The highest BCUT2D eigenvalue weighted by Crippen LogP contribution is 2.30. The molecule has 0 saturated carbocycles. The summed E-state index contributed by atoms with van der Waals surface area (Å²) >= 11 is 0. The Kier molecular flexibility index (Phi) is 3.99. The third-order valence-corrected chi connectivity index (χ3v) is 3.16. The predicted octanol–water partition coefficient (Wildman–Crippen LogP) is 5.06. The van der Waals surface area contributed by atoms with Crippen LogP contribution >= 0.6 is 0 Å². The highest BCUT2D eigenvalue weighted by molar-refractivity contribution is 5.80. The van der Waals surface area contributed by atoms with Gasteiger partial charge in [-0.05, 0) is 41.2 Å². The van der Waals surface area contributed by atoms with E-state index in [-0.39, 0.29) is 5.41 Å². The van der Waals surface area contributed by atoms with Crippen LogP contribution in [0.5, 0.6) is 0 Å². The molecule has 0 radical (unpaired) electrons.